The van der Waals surface area contributed by atoms with Crippen LogP contribution in [0.5, 0.6) is 5.75 Å². The van der Waals surface area contributed by atoms with Gasteiger partial charge in [-0.2, -0.15) is 0 Å². The van der Waals surface area contributed by atoms with Gasteiger partial charge in [-0.25, -0.2) is 4.79 Å². The van der Waals surface area contributed by atoms with Crippen LogP contribution in [0.4, 0.5) is 10.5 Å². The summed E-state index contributed by atoms with van der Waals surface area (Å²) in [7, 11) is 1.57. The maximum Gasteiger partial charge on any atom is 0.411 e. The number of nitrogens with one attached hydrogen (secondary N) is 2. The quantitative estimate of drug-likeness (QED) is 0.278. The lowest BCUT2D eigenvalue weighted by molar-refractivity contribution is -0.126. The lowest BCUT2D eigenvalue weighted by Gasteiger charge is -2.24. The van der Waals surface area contributed by atoms with Gasteiger partial charge in [0.05, 0.1) is 13.7 Å². The SMILES string of the molecule is COc1ccc(C(=O)Nc2ccc([C@@H]3OC(=O)N(Cc4cccc(C)c4)[C@H]3C(=O)NCCc3ccccn3)cc2)cc1. The summed E-state index contributed by atoms with van der Waals surface area (Å²) in [4.78, 5) is 45.2. The Hall–Kier alpha value is -5.18. The fourth-order valence-corrected chi connectivity index (χ4v) is 4.88. The van der Waals surface area contributed by atoms with Crippen molar-refractivity contribution in [3.8, 4) is 5.75 Å². The maximum atomic E-state index is 13.6. The van der Waals surface area contributed by atoms with Gasteiger partial charge >= 0.3 is 6.09 Å². The van der Waals surface area contributed by atoms with Crippen LogP contribution in [0.3, 0.4) is 0 Å². The summed E-state index contributed by atoms with van der Waals surface area (Å²) in [5, 5.41) is 5.83. The van der Waals surface area contributed by atoms with Gasteiger partial charge in [0.15, 0.2) is 12.1 Å². The van der Waals surface area contributed by atoms with Crippen LogP contribution in [0.25, 0.3) is 0 Å². The van der Waals surface area contributed by atoms with Crippen LogP contribution in [0, 0.1) is 6.92 Å². The zero-order valence-electron chi connectivity index (χ0n) is 23.4. The molecule has 0 saturated carbocycles. The Bertz CT molecular complexity index is 1540. The third kappa shape index (κ3) is 6.75. The molecule has 4 aromatic rings. The van der Waals surface area contributed by atoms with E-state index in [4.69, 9.17) is 9.47 Å². The van der Waals surface area contributed by atoms with Crippen molar-refractivity contribution in [2.24, 2.45) is 0 Å². The predicted molar refractivity (Wildman–Crippen MR) is 158 cm³/mol. The van der Waals surface area contributed by atoms with Crippen molar-refractivity contribution in [3.05, 3.63) is 125 Å². The van der Waals surface area contributed by atoms with Crippen molar-refractivity contribution >= 4 is 23.6 Å². The standard InChI is InChI=1S/C33H32N4O5/c1-22-6-5-7-23(20-22)21-37-29(32(39)35-19-17-26-8-3-4-18-34-26)30(42-33(37)40)24-9-13-27(14-10-24)36-31(38)25-11-15-28(41-2)16-12-25/h3-16,18,20,29-30H,17,19,21H2,1-2H3,(H,35,39)(H,36,38)/t29-,30+/m1/s1. The summed E-state index contributed by atoms with van der Waals surface area (Å²) in [6, 6.07) is 26.3. The molecule has 3 amide bonds. The van der Waals surface area contributed by atoms with E-state index in [2.05, 4.69) is 15.6 Å². The van der Waals surface area contributed by atoms with Gasteiger partial charge in [0.1, 0.15) is 5.75 Å². The molecular weight excluding hydrogens is 532 g/mol. The first kappa shape index (κ1) is 28.4. The number of hydrogen-bond donors (Lipinski definition) is 2. The lowest BCUT2D eigenvalue weighted by Crippen LogP contribution is -2.46. The molecule has 0 spiro atoms. The molecule has 5 rings (SSSR count). The molecule has 1 aliphatic heterocycles. The van der Waals surface area contributed by atoms with Gasteiger partial charge in [-0.15, -0.1) is 0 Å². The van der Waals surface area contributed by atoms with Gasteiger partial charge in [0.2, 0.25) is 5.91 Å². The van der Waals surface area contributed by atoms with Gasteiger partial charge in [-0.05, 0) is 66.6 Å². The molecule has 1 aromatic heterocycles. The first-order chi connectivity index (χ1) is 20.4. The van der Waals surface area contributed by atoms with Crippen LogP contribution in [0.15, 0.2) is 97.2 Å². The fraction of sp³-hybridized carbons (Fsp3) is 0.212. The summed E-state index contributed by atoms with van der Waals surface area (Å²) in [5.74, 6) is 0.0762. The van der Waals surface area contributed by atoms with Crippen molar-refractivity contribution < 1.29 is 23.9 Å². The number of nitrogens with zero attached hydrogens (tertiary/aromatic N) is 2. The highest BCUT2D eigenvalue weighted by atomic mass is 16.6. The minimum Gasteiger partial charge on any atom is -0.497 e. The first-order valence-electron chi connectivity index (χ1n) is 13.7. The highest BCUT2D eigenvalue weighted by Gasteiger charge is 2.46. The second-order valence-corrected chi connectivity index (χ2v) is 10.0. The van der Waals surface area contributed by atoms with Gasteiger partial charge in [-0.3, -0.25) is 19.5 Å². The molecule has 1 saturated heterocycles. The van der Waals surface area contributed by atoms with Crippen LogP contribution >= 0.6 is 0 Å². The van der Waals surface area contributed by atoms with E-state index < -0.39 is 18.2 Å². The van der Waals surface area contributed by atoms with Gasteiger partial charge in [-0.1, -0.05) is 48.0 Å². The molecule has 3 aromatic carbocycles. The number of ether oxygens (including phenoxy) is 2. The Morgan fingerprint density at radius 1 is 0.976 bits per heavy atom. The molecule has 2 atom stereocenters. The number of amides is 3. The predicted octanol–water partition coefficient (Wildman–Crippen LogP) is 5.07. The highest BCUT2D eigenvalue weighted by molar-refractivity contribution is 6.04. The second-order valence-electron chi connectivity index (χ2n) is 10.0. The van der Waals surface area contributed by atoms with Gasteiger partial charge < -0.3 is 20.1 Å². The van der Waals surface area contributed by atoms with Gasteiger partial charge in [0, 0.05) is 36.1 Å². The van der Waals surface area contributed by atoms with Crippen LogP contribution < -0.4 is 15.4 Å². The Morgan fingerprint density at radius 2 is 1.76 bits per heavy atom. The number of rotatable bonds is 10. The van der Waals surface area contributed by atoms with Crippen molar-refractivity contribution in [2.75, 3.05) is 19.0 Å². The molecule has 0 bridgehead atoms. The molecule has 0 unspecified atom stereocenters. The molecule has 0 radical (unpaired) electrons. The number of pyridine rings is 1. The monoisotopic (exact) mass is 564 g/mol. The van der Waals surface area contributed by atoms with Crippen molar-refractivity contribution in [2.45, 2.75) is 32.0 Å². The third-order valence-electron chi connectivity index (χ3n) is 7.04. The zero-order chi connectivity index (χ0) is 29.5. The number of hydrogen-bond acceptors (Lipinski definition) is 6. The molecular formula is C33H32N4O5. The van der Waals surface area contributed by atoms with Crippen molar-refractivity contribution in [1.82, 2.24) is 15.2 Å². The fourth-order valence-electron chi connectivity index (χ4n) is 4.88. The molecule has 2 N–H and O–H groups in total. The lowest BCUT2D eigenvalue weighted by atomic mass is 10.00. The molecule has 1 aliphatic rings. The van der Waals surface area contributed by atoms with Crippen molar-refractivity contribution in [1.29, 1.82) is 0 Å². The third-order valence-corrected chi connectivity index (χ3v) is 7.04. The van der Waals surface area contributed by atoms with E-state index in [0.717, 1.165) is 16.8 Å². The van der Waals surface area contributed by atoms with Crippen LogP contribution in [-0.4, -0.2) is 47.5 Å². The Morgan fingerprint density at radius 3 is 2.45 bits per heavy atom. The van der Waals surface area contributed by atoms with Crippen molar-refractivity contribution in [3.63, 3.8) is 0 Å². The zero-order valence-corrected chi connectivity index (χ0v) is 23.4. The first-order valence-corrected chi connectivity index (χ1v) is 13.7. The molecule has 42 heavy (non-hydrogen) atoms. The average Bonchev–Trinajstić information content (AvgIpc) is 3.33. The second kappa shape index (κ2) is 13.0. The summed E-state index contributed by atoms with van der Waals surface area (Å²) in [6.07, 6.45) is 0.870. The molecule has 2 heterocycles. The summed E-state index contributed by atoms with van der Waals surface area (Å²) >= 11 is 0. The summed E-state index contributed by atoms with van der Waals surface area (Å²) in [5.41, 5.74) is 4.51. The Balaban J connectivity index is 1.33. The number of anilines is 1. The topological polar surface area (TPSA) is 110 Å². The Kier molecular flexibility index (Phi) is 8.77. The number of aryl methyl sites for hydroxylation is 1. The average molecular weight is 565 g/mol. The molecule has 214 valence electrons. The number of aromatic nitrogens is 1. The van der Waals surface area contributed by atoms with Crippen LogP contribution in [-0.2, 0) is 22.5 Å². The molecule has 9 heteroatoms. The normalized spacial score (nSPS) is 16.0. The van der Waals surface area contributed by atoms with Crippen LogP contribution in [0.1, 0.15) is 38.8 Å². The van der Waals surface area contributed by atoms with E-state index in [-0.39, 0.29) is 18.4 Å². The summed E-state index contributed by atoms with van der Waals surface area (Å²) < 4.78 is 10.9. The maximum absolute atomic E-state index is 13.6. The Labute approximate surface area is 244 Å². The van der Waals surface area contributed by atoms with E-state index in [1.165, 1.54) is 4.90 Å². The van der Waals surface area contributed by atoms with E-state index in [1.807, 2.05) is 49.4 Å². The number of carbonyl (C=O) groups is 3. The smallest absolute Gasteiger partial charge is 0.411 e. The van der Waals surface area contributed by atoms with E-state index in [1.54, 1.807) is 61.8 Å². The van der Waals surface area contributed by atoms with Crippen LogP contribution in [0.2, 0.25) is 0 Å². The number of cyclic esters (lactones) is 1. The minimum absolute atomic E-state index is 0.228. The van der Waals surface area contributed by atoms with E-state index >= 15 is 0 Å². The molecule has 9 nitrogen and oxygen atoms in total. The molecule has 1 fully saturated rings. The number of carbonyl (C=O) groups excluding carboxylic acids is 3. The number of benzene rings is 3. The molecule has 0 aliphatic carbocycles. The largest absolute Gasteiger partial charge is 0.497 e. The van der Waals surface area contributed by atoms with E-state index in [9.17, 15) is 14.4 Å². The highest BCUT2D eigenvalue weighted by Crippen LogP contribution is 2.34. The van der Waals surface area contributed by atoms with Gasteiger partial charge in [0.25, 0.3) is 5.91 Å². The summed E-state index contributed by atoms with van der Waals surface area (Å²) in [6.45, 7) is 2.57. The minimum atomic E-state index is -0.888. The van der Waals surface area contributed by atoms with E-state index in [0.29, 0.717) is 35.5 Å². The number of methoxy groups -OCH3 is 1.